The van der Waals surface area contributed by atoms with E-state index in [0.717, 1.165) is 17.3 Å². The Balaban J connectivity index is 2.04. The molecule has 108 valence electrons. The fourth-order valence-electron chi connectivity index (χ4n) is 1.89. The number of hydrogen-bond donors (Lipinski definition) is 1. The van der Waals surface area contributed by atoms with Crippen molar-refractivity contribution in [3.63, 3.8) is 0 Å². The molecular weight excluding hydrogens is 278 g/mol. The van der Waals surface area contributed by atoms with Crippen LogP contribution in [0.1, 0.15) is 22.8 Å². The summed E-state index contributed by atoms with van der Waals surface area (Å²) in [6, 6.07) is 19.5. The lowest BCUT2D eigenvalue weighted by Crippen LogP contribution is -2.12. The molecule has 0 unspecified atom stereocenters. The predicted molar refractivity (Wildman–Crippen MR) is 90.3 cm³/mol. The Kier molecular flexibility index (Phi) is 6.10. The third kappa shape index (κ3) is 5.12. The van der Waals surface area contributed by atoms with Crippen LogP contribution < -0.4 is 5.32 Å². The smallest absolute Gasteiger partial charge is 0.188 e. The Morgan fingerprint density at radius 2 is 1.67 bits per heavy atom. The minimum Gasteiger partial charge on any atom is -0.376 e. The predicted octanol–water partition coefficient (Wildman–Crippen LogP) is 4.25. The zero-order valence-corrected chi connectivity index (χ0v) is 12.9. The van der Waals surface area contributed by atoms with E-state index in [9.17, 15) is 4.79 Å². The van der Waals surface area contributed by atoms with Crippen LogP contribution in [0, 0.1) is 0 Å². The van der Waals surface area contributed by atoms with Gasteiger partial charge in [0, 0.05) is 18.2 Å². The lowest BCUT2D eigenvalue weighted by molar-refractivity contribution is 0.104. The summed E-state index contributed by atoms with van der Waals surface area (Å²) in [4.78, 5) is 12.2. The average Bonchev–Trinajstić information content (AvgIpc) is 2.54. The highest BCUT2D eigenvalue weighted by Crippen LogP contribution is 2.14. The van der Waals surface area contributed by atoms with Crippen molar-refractivity contribution in [1.29, 1.82) is 0 Å². The second-order valence-electron chi connectivity index (χ2n) is 4.51. The monoisotopic (exact) mass is 297 g/mol. The highest BCUT2D eigenvalue weighted by molar-refractivity contribution is 8.03. The van der Waals surface area contributed by atoms with Gasteiger partial charge in [0.15, 0.2) is 5.78 Å². The number of ketones is 1. The molecule has 3 heteroatoms. The molecule has 0 spiro atoms. The number of carbonyl (C=O) groups is 1. The van der Waals surface area contributed by atoms with E-state index in [4.69, 9.17) is 0 Å². The summed E-state index contributed by atoms with van der Waals surface area (Å²) in [6.45, 7) is 2.80. The number of benzene rings is 2. The van der Waals surface area contributed by atoms with Crippen LogP contribution in [0.15, 0.2) is 71.8 Å². The van der Waals surface area contributed by atoms with Crippen LogP contribution in [0.5, 0.6) is 0 Å². The largest absolute Gasteiger partial charge is 0.376 e. The van der Waals surface area contributed by atoms with Gasteiger partial charge in [-0.15, -0.1) is 11.8 Å². The molecule has 0 aliphatic carbocycles. The van der Waals surface area contributed by atoms with Gasteiger partial charge in [-0.1, -0.05) is 67.6 Å². The summed E-state index contributed by atoms with van der Waals surface area (Å²) in [7, 11) is 0. The van der Waals surface area contributed by atoms with Gasteiger partial charge in [-0.25, -0.2) is 0 Å². The zero-order chi connectivity index (χ0) is 14.9. The van der Waals surface area contributed by atoms with E-state index in [1.807, 2.05) is 48.5 Å². The molecule has 0 amide bonds. The topological polar surface area (TPSA) is 29.1 Å². The van der Waals surface area contributed by atoms with Gasteiger partial charge < -0.3 is 5.32 Å². The van der Waals surface area contributed by atoms with E-state index in [-0.39, 0.29) is 5.78 Å². The molecule has 1 N–H and O–H groups in total. The van der Waals surface area contributed by atoms with Gasteiger partial charge in [0.1, 0.15) is 0 Å². The molecule has 2 nitrogen and oxygen atoms in total. The van der Waals surface area contributed by atoms with E-state index in [0.29, 0.717) is 5.56 Å². The second kappa shape index (κ2) is 8.32. The summed E-state index contributed by atoms with van der Waals surface area (Å²) >= 11 is 1.65. The van der Waals surface area contributed by atoms with Gasteiger partial charge in [-0.05, 0) is 11.3 Å². The first kappa shape index (κ1) is 15.4. The standard InChI is InChI=1S/C18H19NOS/c1-2-21-18(19-14-15-9-5-3-6-10-15)13-17(20)16-11-7-4-8-12-16/h3-13,19H,2,14H2,1H3/b18-13-. The van der Waals surface area contributed by atoms with Crippen molar-refractivity contribution in [3.05, 3.63) is 82.9 Å². The molecule has 0 bridgehead atoms. The van der Waals surface area contributed by atoms with E-state index in [2.05, 4.69) is 24.4 Å². The first-order valence-electron chi connectivity index (χ1n) is 7.01. The summed E-state index contributed by atoms with van der Waals surface area (Å²) in [5.74, 6) is 0.961. The molecule has 0 aliphatic rings. The number of carbonyl (C=O) groups excluding carboxylic acids is 1. The van der Waals surface area contributed by atoms with Gasteiger partial charge in [0.2, 0.25) is 0 Å². The minimum absolute atomic E-state index is 0.0344. The molecule has 2 rings (SSSR count). The maximum Gasteiger partial charge on any atom is 0.188 e. The van der Waals surface area contributed by atoms with E-state index >= 15 is 0 Å². The van der Waals surface area contributed by atoms with E-state index < -0.39 is 0 Å². The Morgan fingerprint density at radius 3 is 2.29 bits per heavy atom. The molecule has 0 saturated heterocycles. The fourth-order valence-corrected chi connectivity index (χ4v) is 2.56. The maximum atomic E-state index is 12.2. The van der Waals surface area contributed by atoms with Crippen LogP contribution in [0.4, 0.5) is 0 Å². The molecule has 0 aliphatic heterocycles. The quantitative estimate of drug-likeness (QED) is 0.612. The Labute approximate surface area is 130 Å². The van der Waals surface area contributed by atoms with E-state index in [1.54, 1.807) is 17.8 Å². The molecule has 0 atom stereocenters. The lowest BCUT2D eigenvalue weighted by atomic mass is 10.1. The van der Waals surface area contributed by atoms with Gasteiger partial charge in [-0.2, -0.15) is 0 Å². The highest BCUT2D eigenvalue weighted by atomic mass is 32.2. The molecular formula is C18H19NOS. The van der Waals surface area contributed by atoms with Gasteiger partial charge in [0.05, 0.1) is 5.03 Å². The molecule has 2 aromatic rings. The third-order valence-corrected chi connectivity index (χ3v) is 3.79. The Bertz CT molecular complexity index is 593. The Hall–Kier alpha value is -2.00. The summed E-state index contributed by atoms with van der Waals surface area (Å²) in [6.07, 6.45) is 1.69. The Morgan fingerprint density at radius 1 is 1.05 bits per heavy atom. The van der Waals surface area contributed by atoms with Crippen molar-refractivity contribution < 1.29 is 4.79 Å². The molecule has 0 heterocycles. The van der Waals surface area contributed by atoms with E-state index in [1.165, 1.54) is 5.56 Å². The molecule has 0 aromatic heterocycles. The van der Waals surface area contributed by atoms with Crippen molar-refractivity contribution in [3.8, 4) is 0 Å². The normalized spacial score (nSPS) is 11.2. The van der Waals surface area contributed by atoms with Crippen LogP contribution in [-0.4, -0.2) is 11.5 Å². The molecule has 0 radical (unpaired) electrons. The summed E-state index contributed by atoms with van der Waals surface area (Å²) in [5.41, 5.74) is 1.92. The number of rotatable bonds is 7. The van der Waals surface area contributed by atoms with Crippen molar-refractivity contribution in [1.82, 2.24) is 5.32 Å². The van der Waals surface area contributed by atoms with Crippen molar-refractivity contribution in [2.24, 2.45) is 0 Å². The van der Waals surface area contributed by atoms with Crippen LogP contribution in [-0.2, 0) is 6.54 Å². The van der Waals surface area contributed by atoms with Crippen LogP contribution in [0.2, 0.25) is 0 Å². The molecule has 2 aromatic carbocycles. The first-order chi connectivity index (χ1) is 10.3. The van der Waals surface area contributed by atoms with Crippen LogP contribution >= 0.6 is 11.8 Å². The summed E-state index contributed by atoms with van der Waals surface area (Å²) < 4.78 is 0. The number of hydrogen-bond acceptors (Lipinski definition) is 3. The first-order valence-corrected chi connectivity index (χ1v) is 8.00. The number of nitrogens with one attached hydrogen (secondary N) is 1. The molecule has 0 fully saturated rings. The van der Waals surface area contributed by atoms with Crippen molar-refractivity contribution in [2.45, 2.75) is 13.5 Å². The van der Waals surface area contributed by atoms with Gasteiger partial charge >= 0.3 is 0 Å². The lowest BCUT2D eigenvalue weighted by Gasteiger charge is -2.09. The fraction of sp³-hybridized carbons (Fsp3) is 0.167. The van der Waals surface area contributed by atoms with Crippen molar-refractivity contribution in [2.75, 3.05) is 5.75 Å². The summed E-state index contributed by atoms with van der Waals surface area (Å²) in [5, 5.41) is 4.25. The maximum absolute atomic E-state index is 12.2. The van der Waals surface area contributed by atoms with Gasteiger partial charge in [-0.3, -0.25) is 4.79 Å². The molecule has 0 saturated carbocycles. The SMILES string of the molecule is CCS/C(=C\C(=O)c1ccccc1)NCc1ccccc1. The minimum atomic E-state index is 0.0344. The average molecular weight is 297 g/mol. The van der Waals surface area contributed by atoms with Crippen LogP contribution in [0.3, 0.4) is 0 Å². The van der Waals surface area contributed by atoms with Gasteiger partial charge in [0.25, 0.3) is 0 Å². The number of allylic oxidation sites excluding steroid dienone is 1. The molecule has 21 heavy (non-hydrogen) atoms. The highest BCUT2D eigenvalue weighted by Gasteiger charge is 2.05. The third-order valence-electron chi connectivity index (χ3n) is 2.93. The van der Waals surface area contributed by atoms with Crippen molar-refractivity contribution >= 4 is 17.5 Å². The number of thioether (sulfide) groups is 1. The second-order valence-corrected chi connectivity index (χ2v) is 5.82. The zero-order valence-electron chi connectivity index (χ0n) is 12.1. The van der Waals surface area contributed by atoms with Crippen LogP contribution in [0.25, 0.3) is 0 Å².